The molecule has 0 aliphatic carbocycles. The highest BCUT2D eigenvalue weighted by Crippen LogP contribution is 2.45. The molecule has 17 nitrogen and oxygen atoms in total. The molecular weight excluding hydrogens is 1150 g/mol. The van der Waals surface area contributed by atoms with E-state index < -0.39 is 97.5 Å². The summed E-state index contributed by atoms with van der Waals surface area (Å²) in [6.07, 6.45) is 39.2. The lowest BCUT2D eigenvalue weighted by Gasteiger charge is -2.21. The summed E-state index contributed by atoms with van der Waals surface area (Å²) in [7, 11) is -9.90. The van der Waals surface area contributed by atoms with Crippen LogP contribution < -0.4 is 0 Å². The van der Waals surface area contributed by atoms with Gasteiger partial charge in [0.2, 0.25) is 0 Å². The highest BCUT2D eigenvalue weighted by molar-refractivity contribution is 7.47. The quantitative estimate of drug-likeness (QED) is 0.0222. The van der Waals surface area contributed by atoms with Crippen molar-refractivity contribution in [1.29, 1.82) is 0 Å². The van der Waals surface area contributed by atoms with E-state index in [0.717, 1.165) is 108 Å². The maximum absolute atomic E-state index is 13.0. The molecule has 0 saturated carbocycles. The van der Waals surface area contributed by atoms with Crippen LogP contribution in [0.15, 0.2) is 0 Å². The molecule has 0 fully saturated rings. The van der Waals surface area contributed by atoms with E-state index in [9.17, 15) is 43.2 Å². The smallest absolute Gasteiger partial charge is 0.462 e. The number of ether oxygens (including phenoxy) is 4. The average molecular weight is 1280 g/mol. The molecule has 6 atom stereocenters. The van der Waals surface area contributed by atoms with Gasteiger partial charge in [-0.1, -0.05) is 280 Å². The van der Waals surface area contributed by atoms with E-state index in [1.54, 1.807) is 0 Å². The molecular formula is C68H132O17P2. The van der Waals surface area contributed by atoms with Gasteiger partial charge in [0.15, 0.2) is 12.2 Å². The number of phosphoric ester groups is 2. The molecule has 3 unspecified atom stereocenters. The van der Waals surface area contributed by atoms with Crippen molar-refractivity contribution in [2.24, 2.45) is 23.7 Å². The van der Waals surface area contributed by atoms with Gasteiger partial charge in [-0.25, -0.2) is 9.13 Å². The van der Waals surface area contributed by atoms with Gasteiger partial charge in [-0.15, -0.1) is 0 Å². The maximum atomic E-state index is 13.0. The van der Waals surface area contributed by atoms with Crippen LogP contribution in [-0.4, -0.2) is 96.7 Å². The van der Waals surface area contributed by atoms with Gasteiger partial charge < -0.3 is 33.8 Å². The summed E-state index contributed by atoms with van der Waals surface area (Å²) >= 11 is 0. The zero-order valence-corrected chi connectivity index (χ0v) is 58.4. The van der Waals surface area contributed by atoms with E-state index in [2.05, 4.69) is 55.4 Å². The van der Waals surface area contributed by atoms with Gasteiger partial charge in [-0.3, -0.25) is 37.3 Å². The van der Waals surface area contributed by atoms with Gasteiger partial charge in [0.25, 0.3) is 0 Å². The first-order chi connectivity index (χ1) is 41.6. The summed E-state index contributed by atoms with van der Waals surface area (Å²) < 4.78 is 68.1. The Hall–Kier alpha value is -1.94. The SMILES string of the molecule is CCC(C)CCCCCCCCCCCCC(=O)OC[C@H](COP(=O)(O)OC[C@@H](O)COP(=O)(O)OC[C@@H](COC(=O)CCCCCCCCC(C)C)OC(=O)CCCCCCCCCCCCCCC(C)C)OC(=O)CCCCCCCCC(C)C. The molecule has 0 saturated heterocycles. The van der Waals surface area contributed by atoms with Gasteiger partial charge in [-0.05, 0) is 49.4 Å². The topological polar surface area (TPSA) is 237 Å². The van der Waals surface area contributed by atoms with Crippen LogP contribution in [0.4, 0.5) is 0 Å². The predicted molar refractivity (Wildman–Crippen MR) is 349 cm³/mol. The van der Waals surface area contributed by atoms with Crippen molar-refractivity contribution < 1.29 is 80.2 Å². The van der Waals surface area contributed by atoms with Crippen molar-refractivity contribution in [2.75, 3.05) is 39.6 Å². The Balaban J connectivity index is 5.21. The number of carbonyl (C=O) groups excluding carboxylic acids is 4. The predicted octanol–water partition coefficient (Wildman–Crippen LogP) is 18.9. The normalized spacial score (nSPS) is 14.6. The lowest BCUT2D eigenvalue weighted by Crippen LogP contribution is -2.30. The standard InChI is InChI=1S/C68H132O17P2/c1-9-61(8)47-39-31-21-17-14-15-18-22-32-40-48-65(70)78-54-64(85-68(73)51-43-35-27-25-30-38-46-60(6)7)57-83-87(76,77)81-53-62(69)52-80-86(74,75)82-56-63(55-79-66(71)49-41-33-26-24-29-37-45-59(4)5)84-67(72)50-42-34-23-19-13-11-10-12-16-20-28-36-44-58(2)3/h58-64,69H,9-57H2,1-8H3,(H,74,75)(H,76,77)/t61?,62-,63+,64+/m0/s1. The molecule has 0 aromatic heterocycles. The first-order valence-corrected chi connectivity index (χ1v) is 38.2. The van der Waals surface area contributed by atoms with Crippen molar-refractivity contribution in [1.82, 2.24) is 0 Å². The van der Waals surface area contributed by atoms with Crippen molar-refractivity contribution in [3.05, 3.63) is 0 Å². The van der Waals surface area contributed by atoms with Crippen molar-refractivity contribution in [2.45, 2.75) is 350 Å². The van der Waals surface area contributed by atoms with E-state index in [1.165, 1.54) is 128 Å². The van der Waals surface area contributed by atoms with E-state index in [1.807, 2.05) is 0 Å². The monoisotopic (exact) mass is 1280 g/mol. The van der Waals surface area contributed by atoms with E-state index >= 15 is 0 Å². The van der Waals surface area contributed by atoms with Crippen LogP contribution in [-0.2, 0) is 65.4 Å². The van der Waals surface area contributed by atoms with Crippen LogP contribution in [0.1, 0.15) is 331 Å². The Labute approximate surface area is 530 Å². The Bertz CT molecular complexity index is 1730. The fraction of sp³-hybridized carbons (Fsp3) is 0.941. The number of phosphoric acid groups is 2. The molecule has 0 amide bonds. The number of rotatable bonds is 65. The highest BCUT2D eigenvalue weighted by atomic mass is 31.2. The Kier molecular flexibility index (Phi) is 56.6. The number of hydrogen-bond acceptors (Lipinski definition) is 15. The maximum Gasteiger partial charge on any atom is 0.472 e. The molecule has 0 aliphatic heterocycles. The first-order valence-electron chi connectivity index (χ1n) is 35.2. The molecule has 0 spiro atoms. The number of carbonyl (C=O) groups is 4. The number of hydrogen-bond donors (Lipinski definition) is 3. The molecule has 19 heteroatoms. The van der Waals surface area contributed by atoms with Gasteiger partial charge in [0.05, 0.1) is 26.4 Å². The molecule has 0 aromatic rings. The van der Waals surface area contributed by atoms with Crippen molar-refractivity contribution in [3.8, 4) is 0 Å². The zero-order valence-electron chi connectivity index (χ0n) is 56.6. The van der Waals surface area contributed by atoms with Crippen molar-refractivity contribution >= 4 is 39.5 Å². The third kappa shape index (κ3) is 61.3. The molecule has 0 aliphatic rings. The third-order valence-electron chi connectivity index (χ3n) is 15.9. The second-order valence-electron chi connectivity index (χ2n) is 26.2. The molecule has 0 heterocycles. The van der Waals surface area contributed by atoms with Crippen LogP contribution in [0, 0.1) is 23.7 Å². The molecule has 3 N–H and O–H groups in total. The summed E-state index contributed by atoms with van der Waals surface area (Å²) in [5.74, 6) is 0.797. The second-order valence-corrected chi connectivity index (χ2v) is 29.1. The molecule has 87 heavy (non-hydrogen) atoms. The largest absolute Gasteiger partial charge is 0.472 e. The second kappa shape index (κ2) is 57.9. The lowest BCUT2D eigenvalue weighted by atomic mass is 9.99. The number of aliphatic hydroxyl groups excluding tert-OH is 1. The van der Waals surface area contributed by atoms with Crippen LogP contribution in [0.5, 0.6) is 0 Å². The summed E-state index contributed by atoms with van der Waals surface area (Å²) in [5, 5.41) is 10.6. The molecule has 0 bridgehead atoms. The van der Waals surface area contributed by atoms with E-state index in [-0.39, 0.29) is 25.7 Å². The fourth-order valence-electron chi connectivity index (χ4n) is 10.1. The third-order valence-corrected chi connectivity index (χ3v) is 17.8. The fourth-order valence-corrected chi connectivity index (χ4v) is 11.7. The molecule has 516 valence electrons. The Morgan fingerprint density at radius 1 is 0.322 bits per heavy atom. The first kappa shape index (κ1) is 85.1. The van der Waals surface area contributed by atoms with Crippen LogP contribution >= 0.6 is 15.6 Å². The summed E-state index contributed by atoms with van der Waals surface area (Å²) in [4.78, 5) is 72.4. The van der Waals surface area contributed by atoms with Gasteiger partial charge in [0, 0.05) is 25.7 Å². The number of esters is 4. The van der Waals surface area contributed by atoms with Gasteiger partial charge in [-0.2, -0.15) is 0 Å². The summed E-state index contributed by atoms with van der Waals surface area (Å²) in [5.41, 5.74) is 0. The van der Waals surface area contributed by atoms with Gasteiger partial charge in [0.1, 0.15) is 19.3 Å². The van der Waals surface area contributed by atoms with Gasteiger partial charge >= 0.3 is 39.5 Å². The Morgan fingerprint density at radius 3 is 0.816 bits per heavy atom. The molecule has 0 radical (unpaired) electrons. The van der Waals surface area contributed by atoms with Crippen LogP contribution in [0.3, 0.4) is 0 Å². The highest BCUT2D eigenvalue weighted by Gasteiger charge is 2.30. The minimum absolute atomic E-state index is 0.101. The van der Waals surface area contributed by atoms with Crippen LogP contribution in [0.25, 0.3) is 0 Å². The average Bonchev–Trinajstić information content (AvgIpc) is 3.67. The minimum atomic E-state index is -4.95. The molecule has 0 rings (SSSR count). The lowest BCUT2D eigenvalue weighted by molar-refractivity contribution is -0.161. The van der Waals surface area contributed by atoms with Crippen molar-refractivity contribution in [3.63, 3.8) is 0 Å². The molecule has 0 aromatic carbocycles. The number of aliphatic hydroxyl groups is 1. The summed E-state index contributed by atoms with van der Waals surface area (Å²) in [6, 6.07) is 0. The van der Waals surface area contributed by atoms with E-state index in [4.69, 9.17) is 37.0 Å². The minimum Gasteiger partial charge on any atom is -0.462 e. The van der Waals surface area contributed by atoms with Crippen LogP contribution in [0.2, 0.25) is 0 Å². The van der Waals surface area contributed by atoms with E-state index in [0.29, 0.717) is 37.5 Å². The summed E-state index contributed by atoms with van der Waals surface area (Å²) in [6.45, 7) is 14.0. The Morgan fingerprint density at radius 2 is 0.552 bits per heavy atom. The number of unbranched alkanes of at least 4 members (excludes halogenated alkanes) is 30. The zero-order chi connectivity index (χ0) is 64.7.